The van der Waals surface area contributed by atoms with Crippen molar-refractivity contribution in [3.63, 3.8) is 0 Å². The number of rotatable bonds is 6. The number of hydrogen-bond acceptors (Lipinski definition) is 4. The fourth-order valence-electron chi connectivity index (χ4n) is 3.35. The van der Waals surface area contributed by atoms with Crippen LogP contribution in [0.15, 0.2) is 47.5 Å². The minimum absolute atomic E-state index is 0.0693. The fraction of sp³-hybridized carbons (Fsp3) is 0.100. The largest absolute Gasteiger partial charge is 0.478 e. The molecule has 0 spiro atoms. The highest BCUT2D eigenvalue weighted by Gasteiger charge is 2.20. The Morgan fingerprint density at radius 3 is 2.33 bits per heavy atom. The van der Waals surface area contributed by atoms with E-state index in [0.29, 0.717) is 10.9 Å². The molecule has 0 fully saturated rings. The minimum atomic E-state index is -1.39. The van der Waals surface area contributed by atoms with Crippen LogP contribution < -0.4 is 15.0 Å². The van der Waals surface area contributed by atoms with Crippen LogP contribution in [0, 0.1) is 5.82 Å². The van der Waals surface area contributed by atoms with Crippen molar-refractivity contribution in [3.05, 3.63) is 64.5 Å². The number of ether oxygens (including phenoxy) is 2. The van der Waals surface area contributed by atoms with Crippen LogP contribution in [-0.2, 0) is 0 Å². The molecule has 0 saturated heterocycles. The van der Waals surface area contributed by atoms with Gasteiger partial charge in [0.1, 0.15) is 5.82 Å². The molecule has 0 bridgehead atoms. The summed E-state index contributed by atoms with van der Waals surface area (Å²) in [5, 5.41) is 9.92. The number of aromatic amines is 1. The standard InChI is InChI=1S/C20H13F3N2O5/c21-8-29-17-5-12-13(6-18(17)30-9-22)19(26)25(7-14(12)20(27)28)16-4-10(23)3-15-11(16)1-2-24-15/h1-7,24H,8-9H2,(H,27,28). The number of H-pyrrole nitrogens is 1. The van der Waals surface area contributed by atoms with Crippen molar-refractivity contribution in [1.82, 2.24) is 9.55 Å². The number of carboxylic acids is 1. The van der Waals surface area contributed by atoms with E-state index in [9.17, 15) is 27.9 Å². The van der Waals surface area contributed by atoms with E-state index >= 15 is 0 Å². The van der Waals surface area contributed by atoms with Gasteiger partial charge in [0.2, 0.25) is 13.7 Å². The van der Waals surface area contributed by atoms with E-state index in [1.807, 2.05) is 0 Å². The highest BCUT2D eigenvalue weighted by molar-refractivity contribution is 6.04. The molecule has 0 radical (unpaired) electrons. The third-order valence-electron chi connectivity index (χ3n) is 4.60. The molecule has 2 aromatic heterocycles. The second-order valence-corrected chi connectivity index (χ2v) is 6.24. The van der Waals surface area contributed by atoms with Crippen molar-refractivity contribution in [2.24, 2.45) is 0 Å². The maximum absolute atomic E-state index is 14.1. The lowest BCUT2D eigenvalue weighted by Gasteiger charge is -2.14. The summed E-state index contributed by atoms with van der Waals surface area (Å²) in [7, 11) is 0. The van der Waals surface area contributed by atoms with Gasteiger partial charge in [0, 0.05) is 23.2 Å². The summed E-state index contributed by atoms with van der Waals surface area (Å²) in [6.45, 7) is -2.56. The number of fused-ring (bicyclic) bond motifs is 2. The molecule has 0 atom stereocenters. The van der Waals surface area contributed by atoms with Crippen LogP contribution in [0.2, 0.25) is 0 Å². The maximum Gasteiger partial charge on any atom is 0.337 e. The minimum Gasteiger partial charge on any atom is -0.478 e. The van der Waals surface area contributed by atoms with Crippen LogP contribution in [0.25, 0.3) is 27.4 Å². The number of aromatic carboxylic acids is 1. The molecule has 0 aliphatic heterocycles. The predicted molar refractivity (Wildman–Crippen MR) is 102 cm³/mol. The van der Waals surface area contributed by atoms with Gasteiger partial charge in [0.05, 0.1) is 22.2 Å². The molecule has 4 rings (SSSR count). The Bertz CT molecular complexity index is 1350. The summed E-state index contributed by atoms with van der Waals surface area (Å²) in [6.07, 6.45) is 2.59. The quantitative estimate of drug-likeness (QED) is 0.495. The first-order valence-corrected chi connectivity index (χ1v) is 8.56. The Morgan fingerprint density at radius 1 is 1.03 bits per heavy atom. The lowest BCUT2D eigenvalue weighted by atomic mass is 10.1. The Hall–Kier alpha value is -3.95. The smallest absolute Gasteiger partial charge is 0.337 e. The first kappa shape index (κ1) is 19.4. The maximum atomic E-state index is 14.1. The molecule has 2 heterocycles. The Morgan fingerprint density at radius 2 is 1.70 bits per heavy atom. The zero-order valence-electron chi connectivity index (χ0n) is 15.1. The third kappa shape index (κ3) is 3.11. The topological polar surface area (TPSA) is 93.6 Å². The average Bonchev–Trinajstić information content (AvgIpc) is 3.17. The van der Waals surface area contributed by atoms with Crippen LogP contribution >= 0.6 is 0 Å². The molecule has 0 aliphatic rings. The zero-order valence-corrected chi connectivity index (χ0v) is 15.1. The van der Waals surface area contributed by atoms with Gasteiger partial charge in [-0.25, -0.2) is 18.0 Å². The van der Waals surface area contributed by atoms with Gasteiger partial charge in [-0.2, -0.15) is 0 Å². The SMILES string of the molecule is O=C(O)c1cn(-c2cc(F)cc3[nH]ccc23)c(=O)c2cc(OCF)c(OCF)cc12. The number of benzene rings is 2. The van der Waals surface area contributed by atoms with Crippen molar-refractivity contribution >= 4 is 27.6 Å². The monoisotopic (exact) mass is 418 g/mol. The summed E-state index contributed by atoms with van der Waals surface area (Å²) in [5.74, 6) is -2.57. The van der Waals surface area contributed by atoms with E-state index in [1.54, 1.807) is 12.3 Å². The predicted octanol–water partition coefficient (Wildman–Crippen LogP) is 3.92. The molecule has 0 aliphatic carbocycles. The second-order valence-electron chi connectivity index (χ2n) is 6.24. The molecule has 30 heavy (non-hydrogen) atoms. The molecule has 2 N–H and O–H groups in total. The lowest BCUT2D eigenvalue weighted by Crippen LogP contribution is -2.21. The molecule has 0 amide bonds. The number of nitrogens with zero attached hydrogens (tertiary/aromatic N) is 1. The Labute approximate surface area is 165 Å². The average molecular weight is 418 g/mol. The highest BCUT2D eigenvalue weighted by Crippen LogP contribution is 2.34. The van der Waals surface area contributed by atoms with Gasteiger partial charge < -0.3 is 19.6 Å². The van der Waals surface area contributed by atoms with E-state index < -0.39 is 31.1 Å². The Kier molecular flexibility index (Phi) is 4.82. The number of carboxylic acid groups (broad SMARTS) is 1. The van der Waals surface area contributed by atoms with Crippen molar-refractivity contribution in [1.29, 1.82) is 0 Å². The molecule has 0 saturated carbocycles. The van der Waals surface area contributed by atoms with Crippen LogP contribution in [0.1, 0.15) is 10.4 Å². The van der Waals surface area contributed by atoms with E-state index in [-0.39, 0.29) is 33.5 Å². The van der Waals surface area contributed by atoms with Gasteiger partial charge in [0.25, 0.3) is 5.56 Å². The van der Waals surface area contributed by atoms with Crippen LogP contribution in [-0.4, -0.2) is 34.3 Å². The third-order valence-corrected chi connectivity index (χ3v) is 4.60. The number of halogens is 3. The second kappa shape index (κ2) is 7.47. The van der Waals surface area contributed by atoms with Crippen molar-refractivity contribution in [2.45, 2.75) is 0 Å². The molecule has 7 nitrogen and oxygen atoms in total. The van der Waals surface area contributed by atoms with Crippen LogP contribution in [0.3, 0.4) is 0 Å². The van der Waals surface area contributed by atoms with Crippen LogP contribution in [0.5, 0.6) is 11.5 Å². The summed E-state index contributed by atoms with van der Waals surface area (Å²) in [4.78, 5) is 27.9. The molecule has 10 heteroatoms. The summed E-state index contributed by atoms with van der Waals surface area (Å²) in [6, 6.07) is 6.09. The van der Waals surface area contributed by atoms with E-state index in [2.05, 4.69) is 4.98 Å². The summed E-state index contributed by atoms with van der Waals surface area (Å²) in [5.41, 5.74) is -0.522. The number of aromatic nitrogens is 2. The molecular weight excluding hydrogens is 405 g/mol. The number of nitrogens with one attached hydrogen (secondary N) is 1. The fourth-order valence-corrected chi connectivity index (χ4v) is 3.35. The van der Waals surface area contributed by atoms with Gasteiger partial charge >= 0.3 is 5.97 Å². The highest BCUT2D eigenvalue weighted by atomic mass is 19.1. The first-order valence-electron chi connectivity index (χ1n) is 8.56. The van der Waals surface area contributed by atoms with Crippen LogP contribution in [0.4, 0.5) is 13.2 Å². The zero-order chi connectivity index (χ0) is 21.4. The van der Waals surface area contributed by atoms with Gasteiger partial charge in [-0.15, -0.1) is 0 Å². The van der Waals surface area contributed by atoms with Crippen molar-refractivity contribution < 1.29 is 32.5 Å². The molecule has 4 aromatic rings. The number of pyridine rings is 1. The molecular formula is C20H13F3N2O5. The lowest BCUT2D eigenvalue weighted by molar-refractivity contribution is 0.0698. The van der Waals surface area contributed by atoms with Crippen molar-refractivity contribution in [2.75, 3.05) is 13.7 Å². The number of alkyl halides is 2. The van der Waals surface area contributed by atoms with E-state index in [1.165, 1.54) is 6.07 Å². The van der Waals surface area contributed by atoms with Gasteiger partial charge in [0.15, 0.2) is 11.5 Å². The van der Waals surface area contributed by atoms with Gasteiger partial charge in [-0.1, -0.05) is 0 Å². The first-order chi connectivity index (χ1) is 14.4. The van der Waals surface area contributed by atoms with E-state index in [4.69, 9.17) is 9.47 Å². The van der Waals surface area contributed by atoms with Gasteiger partial charge in [-0.05, 0) is 30.3 Å². The summed E-state index contributed by atoms with van der Waals surface area (Å²) < 4.78 is 50.0. The number of hydrogen-bond donors (Lipinski definition) is 2. The molecule has 2 aromatic carbocycles. The summed E-state index contributed by atoms with van der Waals surface area (Å²) >= 11 is 0. The number of carbonyl (C=O) groups is 1. The Balaban J connectivity index is 2.10. The van der Waals surface area contributed by atoms with E-state index in [0.717, 1.165) is 29.0 Å². The molecule has 154 valence electrons. The van der Waals surface area contributed by atoms with Gasteiger partial charge in [-0.3, -0.25) is 9.36 Å². The normalized spacial score (nSPS) is 11.2. The van der Waals surface area contributed by atoms with Crippen molar-refractivity contribution in [3.8, 4) is 17.2 Å². The molecule has 0 unspecified atom stereocenters.